The van der Waals surface area contributed by atoms with Crippen LogP contribution < -0.4 is 4.74 Å². The van der Waals surface area contributed by atoms with E-state index in [2.05, 4.69) is 6.07 Å². The van der Waals surface area contributed by atoms with E-state index in [1.54, 1.807) is 29.2 Å². The number of carbonyl (C=O) groups excluding carboxylic acids is 1. The number of carbonyl (C=O) groups is 1. The first kappa shape index (κ1) is 18.9. The molecule has 1 aliphatic heterocycles. The van der Waals surface area contributed by atoms with Crippen molar-refractivity contribution in [3.05, 3.63) is 59.7 Å². The van der Waals surface area contributed by atoms with Crippen LogP contribution in [0.3, 0.4) is 0 Å². The molecule has 140 valence electrons. The van der Waals surface area contributed by atoms with E-state index >= 15 is 0 Å². The highest BCUT2D eigenvalue weighted by atomic mass is 32.2. The Bertz CT molecular complexity index is 955. The second kappa shape index (κ2) is 7.80. The Morgan fingerprint density at radius 2 is 1.78 bits per heavy atom. The number of hydrogen-bond acceptors (Lipinski definition) is 5. The van der Waals surface area contributed by atoms with Gasteiger partial charge in [0.2, 0.25) is 5.91 Å². The molecule has 0 atom stereocenters. The number of benzene rings is 2. The third-order valence-corrected chi connectivity index (χ3v) is 6.84. The number of sulfone groups is 1. The van der Waals surface area contributed by atoms with Gasteiger partial charge in [-0.25, -0.2) is 8.42 Å². The highest BCUT2D eigenvalue weighted by Crippen LogP contribution is 2.26. The van der Waals surface area contributed by atoms with E-state index in [-0.39, 0.29) is 23.9 Å². The van der Waals surface area contributed by atoms with Crippen LogP contribution in [0.5, 0.6) is 5.75 Å². The molecule has 0 unspecified atom stereocenters. The van der Waals surface area contributed by atoms with Gasteiger partial charge in [0.25, 0.3) is 0 Å². The SMILES string of the molecule is COc1ccc(S(=O)(=O)C2CN(C(=O)CCc3ccc(C#N)cc3)C2)cc1. The summed E-state index contributed by atoms with van der Waals surface area (Å²) in [6.07, 6.45) is 0.887. The van der Waals surface area contributed by atoms with E-state index in [1.165, 1.54) is 19.2 Å². The van der Waals surface area contributed by atoms with E-state index in [0.29, 0.717) is 24.2 Å². The van der Waals surface area contributed by atoms with Crippen LogP contribution in [0.1, 0.15) is 17.5 Å². The van der Waals surface area contributed by atoms with Crippen molar-refractivity contribution in [2.75, 3.05) is 20.2 Å². The molecule has 0 spiro atoms. The Morgan fingerprint density at radius 3 is 2.33 bits per heavy atom. The highest BCUT2D eigenvalue weighted by molar-refractivity contribution is 7.92. The lowest BCUT2D eigenvalue weighted by molar-refractivity contribution is -0.134. The zero-order valence-electron chi connectivity index (χ0n) is 15.0. The topological polar surface area (TPSA) is 87.5 Å². The van der Waals surface area contributed by atoms with E-state index in [0.717, 1.165) is 5.56 Å². The van der Waals surface area contributed by atoms with Gasteiger partial charge in [0.05, 0.1) is 23.6 Å². The summed E-state index contributed by atoms with van der Waals surface area (Å²) in [7, 11) is -1.92. The minimum atomic E-state index is -3.45. The minimum Gasteiger partial charge on any atom is -0.497 e. The van der Waals surface area contributed by atoms with Crippen LogP contribution in [0.15, 0.2) is 53.4 Å². The second-order valence-electron chi connectivity index (χ2n) is 6.45. The number of nitriles is 1. The number of ether oxygens (including phenoxy) is 1. The van der Waals surface area contributed by atoms with Gasteiger partial charge >= 0.3 is 0 Å². The standard InChI is InChI=1S/C20H20N2O4S/c1-26-17-7-9-18(10-8-17)27(24,25)19-13-22(14-19)20(23)11-6-15-2-4-16(12-21)5-3-15/h2-5,7-10,19H,6,11,13-14H2,1H3. The molecule has 1 saturated heterocycles. The molecule has 1 aliphatic rings. The molecule has 0 saturated carbocycles. The smallest absolute Gasteiger partial charge is 0.222 e. The van der Waals surface area contributed by atoms with Crippen LogP contribution in [0, 0.1) is 11.3 Å². The predicted octanol–water partition coefficient (Wildman–Crippen LogP) is 2.18. The molecule has 0 aromatic heterocycles. The van der Waals surface area contributed by atoms with Gasteiger partial charge in [-0.3, -0.25) is 4.79 Å². The van der Waals surface area contributed by atoms with Crippen molar-refractivity contribution >= 4 is 15.7 Å². The minimum absolute atomic E-state index is 0.0551. The first-order chi connectivity index (χ1) is 12.9. The first-order valence-electron chi connectivity index (χ1n) is 8.59. The Kier molecular flexibility index (Phi) is 5.47. The fourth-order valence-electron chi connectivity index (χ4n) is 2.95. The third kappa shape index (κ3) is 4.12. The Balaban J connectivity index is 1.53. The van der Waals surface area contributed by atoms with Crippen molar-refractivity contribution in [3.8, 4) is 11.8 Å². The summed E-state index contributed by atoms with van der Waals surface area (Å²) in [5.74, 6) is 0.544. The van der Waals surface area contributed by atoms with Crippen molar-refractivity contribution in [1.82, 2.24) is 4.90 Å². The van der Waals surface area contributed by atoms with Gasteiger partial charge in [0, 0.05) is 19.5 Å². The zero-order valence-corrected chi connectivity index (χ0v) is 15.8. The Labute approximate surface area is 158 Å². The third-order valence-electron chi connectivity index (χ3n) is 4.74. The number of methoxy groups -OCH3 is 1. The molecule has 7 heteroatoms. The molecule has 0 bridgehead atoms. The average molecular weight is 384 g/mol. The lowest BCUT2D eigenvalue weighted by Gasteiger charge is -2.38. The number of nitrogens with zero attached hydrogens (tertiary/aromatic N) is 2. The quantitative estimate of drug-likeness (QED) is 0.762. The number of hydrogen-bond donors (Lipinski definition) is 0. The Hall–Kier alpha value is -2.85. The van der Waals surface area contributed by atoms with Crippen molar-refractivity contribution in [3.63, 3.8) is 0 Å². The van der Waals surface area contributed by atoms with Crippen molar-refractivity contribution < 1.29 is 17.9 Å². The van der Waals surface area contributed by atoms with Crippen molar-refractivity contribution in [2.45, 2.75) is 23.0 Å². The maximum Gasteiger partial charge on any atom is 0.222 e. The van der Waals surface area contributed by atoms with Gasteiger partial charge in [-0.05, 0) is 48.4 Å². The normalized spacial score (nSPS) is 14.3. The zero-order chi connectivity index (χ0) is 19.4. The molecule has 3 rings (SSSR count). The fraction of sp³-hybridized carbons (Fsp3) is 0.300. The molecule has 0 aliphatic carbocycles. The van der Waals surface area contributed by atoms with Crippen LogP contribution in [-0.2, 0) is 21.1 Å². The van der Waals surface area contributed by atoms with Gasteiger partial charge < -0.3 is 9.64 Å². The van der Waals surface area contributed by atoms with Crippen molar-refractivity contribution in [1.29, 1.82) is 5.26 Å². The van der Waals surface area contributed by atoms with Gasteiger partial charge in [0.15, 0.2) is 9.84 Å². The summed E-state index contributed by atoms with van der Waals surface area (Å²) >= 11 is 0. The predicted molar refractivity (Wildman–Crippen MR) is 100 cm³/mol. The molecule has 0 radical (unpaired) electrons. The van der Waals surface area contributed by atoms with Crippen LogP contribution in [0.4, 0.5) is 0 Å². The summed E-state index contributed by atoms with van der Waals surface area (Å²) in [6.45, 7) is 0.446. The average Bonchev–Trinajstić information content (AvgIpc) is 2.65. The first-order valence-corrected chi connectivity index (χ1v) is 10.1. The number of aryl methyl sites for hydroxylation is 1. The molecule has 2 aromatic carbocycles. The van der Waals surface area contributed by atoms with E-state index in [1.807, 2.05) is 12.1 Å². The van der Waals surface area contributed by atoms with Crippen LogP contribution in [0.2, 0.25) is 0 Å². The molecule has 27 heavy (non-hydrogen) atoms. The second-order valence-corrected chi connectivity index (χ2v) is 8.68. The van der Waals surface area contributed by atoms with Gasteiger partial charge in [-0.2, -0.15) is 5.26 Å². The van der Waals surface area contributed by atoms with E-state index < -0.39 is 15.1 Å². The molecular weight excluding hydrogens is 364 g/mol. The summed E-state index contributed by atoms with van der Waals surface area (Å²) in [5.41, 5.74) is 1.56. The summed E-state index contributed by atoms with van der Waals surface area (Å²) in [6, 6.07) is 15.5. The van der Waals surface area contributed by atoms with Crippen LogP contribution in [0.25, 0.3) is 0 Å². The van der Waals surface area contributed by atoms with Gasteiger partial charge in [-0.1, -0.05) is 12.1 Å². The summed E-state index contributed by atoms with van der Waals surface area (Å²) in [5, 5.41) is 8.23. The molecule has 6 nitrogen and oxygen atoms in total. The molecular formula is C20H20N2O4S. The summed E-state index contributed by atoms with van der Waals surface area (Å²) in [4.78, 5) is 14.1. The molecule has 2 aromatic rings. The lowest BCUT2D eigenvalue weighted by Crippen LogP contribution is -2.56. The largest absolute Gasteiger partial charge is 0.497 e. The summed E-state index contributed by atoms with van der Waals surface area (Å²) < 4.78 is 30.3. The molecule has 0 N–H and O–H groups in total. The monoisotopic (exact) mass is 384 g/mol. The number of likely N-dealkylation sites (tertiary alicyclic amines) is 1. The lowest BCUT2D eigenvalue weighted by atomic mass is 10.1. The number of rotatable bonds is 6. The molecule has 1 fully saturated rings. The van der Waals surface area contributed by atoms with Crippen LogP contribution >= 0.6 is 0 Å². The Morgan fingerprint density at radius 1 is 1.15 bits per heavy atom. The highest BCUT2D eigenvalue weighted by Gasteiger charge is 2.40. The fourth-order valence-corrected chi connectivity index (χ4v) is 4.60. The molecule has 1 heterocycles. The van der Waals surface area contributed by atoms with E-state index in [9.17, 15) is 13.2 Å². The van der Waals surface area contributed by atoms with Crippen molar-refractivity contribution in [2.24, 2.45) is 0 Å². The maximum absolute atomic E-state index is 12.6. The maximum atomic E-state index is 12.6. The van der Waals surface area contributed by atoms with Gasteiger partial charge in [-0.15, -0.1) is 0 Å². The number of amides is 1. The van der Waals surface area contributed by atoms with Crippen LogP contribution in [-0.4, -0.2) is 44.7 Å². The van der Waals surface area contributed by atoms with Gasteiger partial charge in [0.1, 0.15) is 11.0 Å². The van der Waals surface area contributed by atoms with E-state index in [4.69, 9.17) is 10.00 Å². The molecule has 1 amide bonds.